The largest absolute Gasteiger partial charge is 0.369 e. The average Bonchev–Trinajstić information content (AvgIpc) is 3.50. The molecular formula is C30H39N7O. The maximum atomic E-state index is 12.8. The number of anilines is 3. The lowest BCUT2D eigenvalue weighted by Crippen LogP contribution is -2.51. The van der Waals surface area contributed by atoms with Gasteiger partial charge in [0.25, 0.3) is 0 Å². The van der Waals surface area contributed by atoms with E-state index >= 15 is 0 Å². The summed E-state index contributed by atoms with van der Waals surface area (Å²) >= 11 is 0. The van der Waals surface area contributed by atoms with Gasteiger partial charge >= 0.3 is 0 Å². The highest BCUT2D eigenvalue weighted by molar-refractivity contribution is 5.92. The number of benzene rings is 2. The molecule has 6 rings (SSSR count). The van der Waals surface area contributed by atoms with Crippen LogP contribution in [0.1, 0.15) is 39.0 Å². The van der Waals surface area contributed by atoms with Crippen molar-refractivity contribution in [1.82, 2.24) is 20.2 Å². The topological polar surface area (TPSA) is 76.6 Å². The van der Waals surface area contributed by atoms with Crippen molar-refractivity contribution in [3.05, 3.63) is 54.7 Å². The third kappa shape index (κ3) is 5.47. The number of hydrogen-bond acceptors (Lipinski definition) is 7. The first kappa shape index (κ1) is 25.1. The zero-order valence-electron chi connectivity index (χ0n) is 22.4. The van der Waals surface area contributed by atoms with Gasteiger partial charge in [0, 0.05) is 80.7 Å². The van der Waals surface area contributed by atoms with Gasteiger partial charge in [-0.1, -0.05) is 18.2 Å². The maximum absolute atomic E-state index is 12.8. The van der Waals surface area contributed by atoms with Crippen LogP contribution in [0.15, 0.2) is 54.7 Å². The molecule has 0 radical (unpaired) electrons. The molecule has 1 unspecified atom stereocenters. The maximum Gasteiger partial charge on any atom is 0.224 e. The van der Waals surface area contributed by atoms with Gasteiger partial charge in [0.15, 0.2) is 0 Å². The van der Waals surface area contributed by atoms with Crippen LogP contribution in [0.4, 0.5) is 17.3 Å². The van der Waals surface area contributed by atoms with Crippen molar-refractivity contribution in [2.75, 3.05) is 54.4 Å². The van der Waals surface area contributed by atoms with Crippen LogP contribution in [0.2, 0.25) is 0 Å². The summed E-state index contributed by atoms with van der Waals surface area (Å²) in [6, 6.07) is 18.0. The quantitative estimate of drug-likeness (QED) is 0.518. The molecule has 1 saturated carbocycles. The number of nitrogens with zero attached hydrogens (tertiary/aromatic N) is 5. The fourth-order valence-corrected chi connectivity index (χ4v) is 6.47. The van der Waals surface area contributed by atoms with Gasteiger partial charge in [-0.2, -0.15) is 0 Å². The van der Waals surface area contributed by atoms with E-state index in [1.54, 1.807) is 6.92 Å². The number of piperazine rings is 1. The van der Waals surface area contributed by atoms with Crippen molar-refractivity contribution in [2.45, 2.75) is 57.2 Å². The van der Waals surface area contributed by atoms with Gasteiger partial charge in [-0.3, -0.25) is 9.69 Å². The predicted octanol–water partition coefficient (Wildman–Crippen LogP) is 3.89. The molecular weight excluding hydrogens is 474 g/mol. The Balaban J connectivity index is 1.04. The third-order valence-electron chi connectivity index (χ3n) is 8.58. The first-order valence-electron chi connectivity index (χ1n) is 14.2. The van der Waals surface area contributed by atoms with E-state index in [9.17, 15) is 4.79 Å². The Morgan fingerprint density at radius 2 is 1.74 bits per heavy atom. The van der Waals surface area contributed by atoms with Gasteiger partial charge in [-0.05, 0) is 69.0 Å². The van der Waals surface area contributed by atoms with Gasteiger partial charge < -0.3 is 20.4 Å². The monoisotopic (exact) mass is 513 g/mol. The molecule has 3 aromatic rings. The van der Waals surface area contributed by atoms with E-state index in [1.807, 2.05) is 35.4 Å². The second kappa shape index (κ2) is 11.3. The van der Waals surface area contributed by atoms with Gasteiger partial charge in [-0.15, -0.1) is 0 Å². The molecule has 1 aliphatic carbocycles. The van der Waals surface area contributed by atoms with Crippen molar-refractivity contribution < 1.29 is 4.79 Å². The van der Waals surface area contributed by atoms with E-state index in [0.717, 1.165) is 81.5 Å². The molecule has 3 fully saturated rings. The number of carbonyl (C=O) groups is 1. The number of fused-ring (bicyclic) bond motifs is 1. The predicted molar refractivity (Wildman–Crippen MR) is 154 cm³/mol. The van der Waals surface area contributed by atoms with Crippen molar-refractivity contribution >= 4 is 34.1 Å². The molecule has 38 heavy (non-hydrogen) atoms. The highest BCUT2D eigenvalue weighted by atomic mass is 16.2. The number of amides is 1. The summed E-state index contributed by atoms with van der Waals surface area (Å²) in [4.78, 5) is 29.1. The van der Waals surface area contributed by atoms with E-state index in [4.69, 9.17) is 0 Å². The Bertz CT molecular complexity index is 1230. The minimum atomic E-state index is 0.116. The summed E-state index contributed by atoms with van der Waals surface area (Å²) in [7, 11) is 0. The lowest BCUT2D eigenvalue weighted by Gasteiger charge is -2.39. The third-order valence-corrected chi connectivity index (χ3v) is 8.58. The number of para-hydroxylation sites is 1. The molecule has 200 valence electrons. The van der Waals surface area contributed by atoms with Gasteiger partial charge in [0.05, 0.1) is 5.52 Å². The highest BCUT2D eigenvalue weighted by Gasteiger charge is 2.30. The Hall–Kier alpha value is -3.23. The molecule has 0 bridgehead atoms. The molecule has 3 heterocycles. The molecule has 1 amide bonds. The summed E-state index contributed by atoms with van der Waals surface area (Å²) in [5.41, 5.74) is 3.22. The normalized spacial score (nSPS) is 24.4. The van der Waals surface area contributed by atoms with Crippen LogP contribution in [-0.2, 0) is 4.79 Å². The van der Waals surface area contributed by atoms with Crippen LogP contribution >= 0.6 is 0 Å². The molecule has 8 heteroatoms. The van der Waals surface area contributed by atoms with E-state index < -0.39 is 0 Å². The SMILES string of the molecule is CC(=O)N(c1ccc(N2CCN(C3CCNC3)CC2)cc1)C1CCC(Nc2ncc3ccccc3n2)CC1. The Morgan fingerprint density at radius 1 is 0.974 bits per heavy atom. The van der Waals surface area contributed by atoms with Crippen LogP contribution in [-0.4, -0.2) is 78.2 Å². The first-order valence-corrected chi connectivity index (χ1v) is 14.2. The minimum Gasteiger partial charge on any atom is -0.369 e. The zero-order chi connectivity index (χ0) is 25.9. The fraction of sp³-hybridized carbons (Fsp3) is 0.500. The summed E-state index contributed by atoms with van der Waals surface area (Å²) in [5.74, 6) is 0.803. The molecule has 2 N–H and O–H groups in total. The lowest BCUT2D eigenvalue weighted by atomic mass is 9.89. The van der Waals surface area contributed by atoms with Crippen LogP contribution in [0, 0.1) is 0 Å². The number of aromatic nitrogens is 2. The number of carbonyl (C=O) groups excluding carboxylic acids is 1. The van der Waals surface area contributed by atoms with E-state index in [2.05, 4.69) is 54.7 Å². The van der Waals surface area contributed by atoms with Crippen LogP contribution in [0.3, 0.4) is 0 Å². The van der Waals surface area contributed by atoms with Crippen molar-refractivity contribution in [3.8, 4) is 0 Å². The number of hydrogen-bond donors (Lipinski definition) is 2. The van der Waals surface area contributed by atoms with Crippen molar-refractivity contribution in [2.24, 2.45) is 0 Å². The highest BCUT2D eigenvalue weighted by Crippen LogP contribution is 2.31. The van der Waals surface area contributed by atoms with Crippen molar-refractivity contribution in [3.63, 3.8) is 0 Å². The first-order chi connectivity index (χ1) is 18.6. The van der Waals surface area contributed by atoms with E-state index in [0.29, 0.717) is 18.0 Å². The standard InChI is InChI=1S/C30H39N7O/c1-22(38)37(26-8-6-24(7-9-26)33-30-32-20-23-4-2-3-5-29(23)34-30)27-12-10-25(11-13-27)35-16-18-36(19-17-35)28-14-15-31-21-28/h2-5,10-13,20,24,26,28,31H,6-9,14-19,21H2,1H3,(H,32,33,34). The molecule has 2 aromatic carbocycles. The summed E-state index contributed by atoms with van der Waals surface area (Å²) in [6.45, 7) is 8.33. The second-order valence-corrected chi connectivity index (χ2v) is 11.0. The summed E-state index contributed by atoms with van der Waals surface area (Å²) in [6.07, 6.45) is 7.05. The molecule has 2 aliphatic heterocycles. The molecule has 2 saturated heterocycles. The molecule has 1 atom stereocenters. The Labute approximate surface area is 225 Å². The summed E-state index contributed by atoms with van der Waals surface area (Å²) in [5, 5.41) is 8.07. The van der Waals surface area contributed by atoms with Gasteiger partial charge in [-0.25, -0.2) is 9.97 Å². The smallest absolute Gasteiger partial charge is 0.224 e. The number of rotatable bonds is 6. The lowest BCUT2D eigenvalue weighted by molar-refractivity contribution is -0.117. The average molecular weight is 514 g/mol. The Morgan fingerprint density at radius 3 is 2.45 bits per heavy atom. The molecule has 0 spiro atoms. The van der Waals surface area contributed by atoms with E-state index in [-0.39, 0.29) is 11.9 Å². The Kier molecular flexibility index (Phi) is 7.42. The van der Waals surface area contributed by atoms with Gasteiger partial charge in [0.2, 0.25) is 11.9 Å². The van der Waals surface area contributed by atoms with Crippen LogP contribution in [0.25, 0.3) is 10.9 Å². The van der Waals surface area contributed by atoms with Crippen LogP contribution < -0.4 is 20.4 Å². The fourth-order valence-electron chi connectivity index (χ4n) is 6.47. The van der Waals surface area contributed by atoms with E-state index in [1.165, 1.54) is 12.1 Å². The number of nitrogens with one attached hydrogen (secondary N) is 2. The zero-order valence-corrected chi connectivity index (χ0v) is 22.4. The van der Waals surface area contributed by atoms with Crippen LogP contribution in [0.5, 0.6) is 0 Å². The second-order valence-electron chi connectivity index (χ2n) is 11.0. The summed E-state index contributed by atoms with van der Waals surface area (Å²) < 4.78 is 0. The van der Waals surface area contributed by atoms with Gasteiger partial charge in [0.1, 0.15) is 0 Å². The molecule has 8 nitrogen and oxygen atoms in total. The minimum absolute atomic E-state index is 0.116. The molecule has 1 aromatic heterocycles. The van der Waals surface area contributed by atoms with Crippen molar-refractivity contribution in [1.29, 1.82) is 0 Å². The molecule has 3 aliphatic rings.